The van der Waals surface area contributed by atoms with Crippen molar-refractivity contribution < 1.29 is 17.7 Å². The molecule has 1 aromatic heterocycles. The van der Waals surface area contributed by atoms with Gasteiger partial charge in [0.15, 0.2) is 5.82 Å². The summed E-state index contributed by atoms with van der Waals surface area (Å²) in [6.45, 7) is 3.25. The van der Waals surface area contributed by atoms with Crippen molar-refractivity contribution in [2.75, 3.05) is 0 Å². The summed E-state index contributed by atoms with van der Waals surface area (Å²) in [7, 11) is 0. The number of nitrogens with zero attached hydrogens (tertiary/aromatic N) is 2. The Labute approximate surface area is 84.9 Å². The highest BCUT2D eigenvalue weighted by molar-refractivity contribution is 4.83. The standard InChI is InChI=1S/C8H12F3N3O/c1-5(3-8(9,10)11)12-4-7-13-6(2)15-14-7/h5,12H,3-4H2,1-2H3. The molecule has 0 saturated heterocycles. The molecule has 0 aliphatic heterocycles. The van der Waals surface area contributed by atoms with Gasteiger partial charge in [0.25, 0.3) is 0 Å². The van der Waals surface area contributed by atoms with Crippen LogP contribution in [0.15, 0.2) is 4.52 Å². The molecule has 4 nitrogen and oxygen atoms in total. The molecule has 86 valence electrons. The zero-order valence-electron chi connectivity index (χ0n) is 8.43. The van der Waals surface area contributed by atoms with Gasteiger partial charge in [0.05, 0.1) is 13.0 Å². The minimum Gasteiger partial charge on any atom is -0.340 e. The maximum Gasteiger partial charge on any atom is 0.390 e. The quantitative estimate of drug-likeness (QED) is 0.845. The number of hydrogen-bond acceptors (Lipinski definition) is 4. The number of halogens is 3. The van der Waals surface area contributed by atoms with E-state index < -0.39 is 18.6 Å². The summed E-state index contributed by atoms with van der Waals surface area (Å²) in [4.78, 5) is 3.86. The van der Waals surface area contributed by atoms with Gasteiger partial charge in [-0.25, -0.2) is 0 Å². The van der Waals surface area contributed by atoms with Crippen molar-refractivity contribution >= 4 is 0 Å². The zero-order chi connectivity index (χ0) is 11.5. The largest absolute Gasteiger partial charge is 0.390 e. The molecule has 1 rings (SSSR count). The minimum atomic E-state index is -4.15. The zero-order valence-corrected chi connectivity index (χ0v) is 8.43. The molecule has 0 aromatic carbocycles. The molecule has 0 spiro atoms. The Kier molecular flexibility index (Phi) is 3.67. The Morgan fingerprint density at radius 3 is 2.60 bits per heavy atom. The predicted molar refractivity (Wildman–Crippen MR) is 46.0 cm³/mol. The number of alkyl halides is 3. The van der Waals surface area contributed by atoms with Crippen LogP contribution in [0.3, 0.4) is 0 Å². The van der Waals surface area contributed by atoms with E-state index in [1.54, 1.807) is 6.92 Å². The lowest BCUT2D eigenvalue weighted by atomic mass is 10.2. The van der Waals surface area contributed by atoms with Crippen molar-refractivity contribution in [3.63, 3.8) is 0 Å². The highest BCUT2D eigenvalue weighted by atomic mass is 19.4. The van der Waals surface area contributed by atoms with Crippen LogP contribution in [0.5, 0.6) is 0 Å². The number of rotatable bonds is 4. The van der Waals surface area contributed by atoms with Gasteiger partial charge in [0.1, 0.15) is 0 Å². The normalized spacial score (nSPS) is 14.2. The molecule has 1 N–H and O–H groups in total. The lowest BCUT2D eigenvalue weighted by Gasteiger charge is -2.14. The Balaban J connectivity index is 2.31. The maximum atomic E-state index is 11.9. The summed E-state index contributed by atoms with van der Waals surface area (Å²) in [6.07, 6.45) is -5.02. The monoisotopic (exact) mass is 223 g/mol. The molecule has 0 amide bonds. The Morgan fingerprint density at radius 2 is 2.13 bits per heavy atom. The smallest absolute Gasteiger partial charge is 0.340 e. The molecule has 7 heteroatoms. The van der Waals surface area contributed by atoms with E-state index in [9.17, 15) is 13.2 Å². The molecule has 1 heterocycles. The molecular formula is C8H12F3N3O. The average molecular weight is 223 g/mol. The van der Waals surface area contributed by atoms with E-state index in [1.165, 1.54) is 6.92 Å². The van der Waals surface area contributed by atoms with Gasteiger partial charge in [-0.05, 0) is 6.92 Å². The van der Waals surface area contributed by atoms with Crippen molar-refractivity contribution in [2.24, 2.45) is 0 Å². The number of nitrogens with one attached hydrogen (secondary N) is 1. The van der Waals surface area contributed by atoms with E-state index in [0.29, 0.717) is 11.7 Å². The number of aryl methyl sites for hydroxylation is 1. The van der Waals surface area contributed by atoms with Crippen LogP contribution in [0, 0.1) is 6.92 Å². The van der Waals surface area contributed by atoms with Gasteiger partial charge in [0.2, 0.25) is 5.89 Å². The number of hydrogen-bond donors (Lipinski definition) is 1. The third kappa shape index (κ3) is 4.78. The third-order valence-electron chi connectivity index (χ3n) is 1.72. The molecule has 1 unspecified atom stereocenters. The summed E-state index contributed by atoms with van der Waals surface area (Å²) in [6, 6.07) is -0.663. The van der Waals surface area contributed by atoms with Gasteiger partial charge in [-0.3, -0.25) is 0 Å². The van der Waals surface area contributed by atoms with Gasteiger partial charge < -0.3 is 9.84 Å². The summed E-state index contributed by atoms with van der Waals surface area (Å²) in [5, 5.41) is 6.22. The van der Waals surface area contributed by atoms with E-state index in [-0.39, 0.29) is 6.54 Å². The average Bonchev–Trinajstić information content (AvgIpc) is 2.45. The van der Waals surface area contributed by atoms with Gasteiger partial charge in [-0.1, -0.05) is 5.16 Å². The van der Waals surface area contributed by atoms with Gasteiger partial charge >= 0.3 is 6.18 Å². The van der Waals surface area contributed by atoms with Crippen molar-refractivity contribution in [2.45, 2.75) is 39.0 Å². The van der Waals surface area contributed by atoms with Crippen LogP contribution in [0.2, 0.25) is 0 Å². The van der Waals surface area contributed by atoms with E-state index in [4.69, 9.17) is 0 Å². The SMILES string of the molecule is Cc1nc(CNC(C)CC(F)(F)F)no1. The second-order valence-electron chi connectivity index (χ2n) is 3.33. The highest BCUT2D eigenvalue weighted by Gasteiger charge is 2.29. The second-order valence-corrected chi connectivity index (χ2v) is 3.33. The van der Waals surface area contributed by atoms with E-state index >= 15 is 0 Å². The molecule has 0 bridgehead atoms. The van der Waals surface area contributed by atoms with Crippen molar-refractivity contribution in [3.8, 4) is 0 Å². The predicted octanol–water partition coefficient (Wildman–Crippen LogP) is 1.81. The third-order valence-corrected chi connectivity index (χ3v) is 1.72. The van der Waals surface area contributed by atoms with E-state index in [2.05, 4.69) is 20.0 Å². The van der Waals surface area contributed by atoms with Crippen molar-refractivity contribution in [3.05, 3.63) is 11.7 Å². The first-order valence-corrected chi connectivity index (χ1v) is 4.46. The molecule has 0 saturated carbocycles. The highest BCUT2D eigenvalue weighted by Crippen LogP contribution is 2.21. The molecular weight excluding hydrogens is 211 g/mol. The molecule has 15 heavy (non-hydrogen) atoms. The topological polar surface area (TPSA) is 51.0 Å². The molecule has 0 aliphatic rings. The van der Waals surface area contributed by atoms with E-state index in [0.717, 1.165) is 0 Å². The Hall–Kier alpha value is -1.11. The summed E-state index contributed by atoms with van der Waals surface area (Å²) in [5.41, 5.74) is 0. The maximum absolute atomic E-state index is 11.9. The molecule has 0 radical (unpaired) electrons. The van der Waals surface area contributed by atoms with Crippen LogP contribution in [0.25, 0.3) is 0 Å². The van der Waals surface area contributed by atoms with Gasteiger partial charge in [-0.15, -0.1) is 0 Å². The van der Waals surface area contributed by atoms with Gasteiger partial charge in [-0.2, -0.15) is 18.2 Å². The Morgan fingerprint density at radius 1 is 1.47 bits per heavy atom. The van der Waals surface area contributed by atoms with Crippen molar-refractivity contribution in [1.29, 1.82) is 0 Å². The Bertz CT molecular complexity index is 310. The van der Waals surface area contributed by atoms with Crippen molar-refractivity contribution in [1.82, 2.24) is 15.5 Å². The summed E-state index contributed by atoms with van der Waals surface area (Å²) >= 11 is 0. The summed E-state index contributed by atoms with van der Waals surface area (Å²) in [5.74, 6) is 0.761. The lowest BCUT2D eigenvalue weighted by Crippen LogP contribution is -2.31. The fraction of sp³-hybridized carbons (Fsp3) is 0.750. The second kappa shape index (κ2) is 4.61. The van der Waals surface area contributed by atoms with Gasteiger partial charge in [0, 0.05) is 13.0 Å². The lowest BCUT2D eigenvalue weighted by molar-refractivity contribution is -0.139. The fourth-order valence-electron chi connectivity index (χ4n) is 1.10. The number of aromatic nitrogens is 2. The summed E-state index contributed by atoms with van der Waals surface area (Å²) < 4.78 is 40.5. The first-order chi connectivity index (χ1) is 6.87. The molecule has 1 aromatic rings. The van der Waals surface area contributed by atoms with Crippen LogP contribution in [0.1, 0.15) is 25.1 Å². The molecule has 0 aliphatic carbocycles. The van der Waals surface area contributed by atoms with Crippen LogP contribution < -0.4 is 5.32 Å². The van der Waals surface area contributed by atoms with E-state index in [1.807, 2.05) is 0 Å². The van der Waals surface area contributed by atoms with Crippen LogP contribution in [-0.4, -0.2) is 22.4 Å². The first kappa shape index (κ1) is 12.0. The minimum absolute atomic E-state index is 0.175. The molecule has 1 atom stereocenters. The molecule has 0 fully saturated rings. The van der Waals surface area contributed by atoms with Crippen LogP contribution in [-0.2, 0) is 6.54 Å². The fourth-order valence-corrected chi connectivity index (χ4v) is 1.10. The van der Waals surface area contributed by atoms with Crippen LogP contribution >= 0.6 is 0 Å². The first-order valence-electron chi connectivity index (χ1n) is 4.46. The van der Waals surface area contributed by atoms with Crippen LogP contribution in [0.4, 0.5) is 13.2 Å².